The lowest BCUT2D eigenvalue weighted by molar-refractivity contribution is 0.265. The number of piperidine rings is 1. The topological polar surface area (TPSA) is 76.3 Å². The molecule has 29 heavy (non-hydrogen) atoms. The SMILES string of the molecule is O=S(=O)(c1ccc(Cl)c(F)c1)N1CCCC(c2nc(-c3ccc(F)cc3)no2)C1. The van der Waals surface area contributed by atoms with E-state index in [0.29, 0.717) is 36.7 Å². The van der Waals surface area contributed by atoms with Gasteiger partial charge in [-0.25, -0.2) is 17.2 Å². The molecular formula is C19H16ClF2N3O3S. The summed E-state index contributed by atoms with van der Waals surface area (Å²) < 4.78 is 59.2. The third-order valence-corrected chi connectivity index (χ3v) is 6.97. The van der Waals surface area contributed by atoms with Crippen LogP contribution < -0.4 is 0 Å². The summed E-state index contributed by atoms with van der Waals surface area (Å²) in [6.45, 7) is 0.444. The number of aromatic nitrogens is 2. The minimum Gasteiger partial charge on any atom is -0.339 e. The van der Waals surface area contributed by atoms with E-state index in [0.717, 1.165) is 6.07 Å². The number of benzene rings is 2. The summed E-state index contributed by atoms with van der Waals surface area (Å²) in [4.78, 5) is 4.19. The maximum absolute atomic E-state index is 13.7. The summed E-state index contributed by atoms with van der Waals surface area (Å²) in [5.41, 5.74) is 0.596. The number of rotatable bonds is 4. The van der Waals surface area contributed by atoms with Gasteiger partial charge in [0.2, 0.25) is 21.7 Å². The summed E-state index contributed by atoms with van der Waals surface area (Å²) >= 11 is 5.65. The second-order valence-corrected chi connectivity index (χ2v) is 9.09. The lowest BCUT2D eigenvalue weighted by Gasteiger charge is -2.30. The van der Waals surface area contributed by atoms with E-state index in [2.05, 4.69) is 10.1 Å². The second-order valence-electron chi connectivity index (χ2n) is 6.74. The zero-order valence-electron chi connectivity index (χ0n) is 15.1. The standard InChI is InChI=1S/C19H16ClF2N3O3S/c20-16-8-7-15(10-17(16)22)29(26,27)25-9-1-2-13(11-25)19-23-18(24-28-19)12-3-5-14(21)6-4-12/h3-8,10,13H,1-2,9,11H2. The van der Waals surface area contributed by atoms with E-state index in [-0.39, 0.29) is 28.2 Å². The molecule has 1 aromatic heterocycles. The zero-order valence-corrected chi connectivity index (χ0v) is 16.6. The first-order chi connectivity index (χ1) is 13.8. The fraction of sp³-hybridized carbons (Fsp3) is 0.263. The minimum absolute atomic E-state index is 0.137. The summed E-state index contributed by atoms with van der Waals surface area (Å²) in [5.74, 6) is -0.838. The van der Waals surface area contributed by atoms with Crippen LogP contribution in [0.4, 0.5) is 8.78 Å². The van der Waals surface area contributed by atoms with E-state index >= 15 is 0 Å². The van der Waals surface area contributed by atoms with Gasteiger partial charge in [-0.05, 0) is 55.3 Å². The number of sulfonamides is 1. The molecule has 152 valence electrons. The van der Waals surface area contributed by atoms with Crippen molar-refractivity contribution in [3.63, 3.8) is 0 Å². The number of nitrogens with zero attached hydrogens (tertiary/aromatic N) is 3. The number of hydrogen-bond donors (Lipinski definition) is 0. The van der Waals surface area contributed by atoms with Gasteiger partial charge in [-0.3, -0.25) is 0 Å². The van der Waals surface area contributed by atoms with Crippen LogP contribution in [0.25, 0.3) is 11.4 Å². The van der Waals surface area contributed by atoms with Gasteiger partial charge < -0.3 is 4.52 Å². The molecule has 2 aromatic carbocycles. The third-order valence-electron chi connectivity index (χ3n) is 4.81. The zero-order chi connectivity index (χ0) is 20.6. The molecule has 0 saturated carbocycles. The van der Waals surface area contributed by atoms with Crippen molar-refractivity contribution in [2.24, 2.45) is 0 Å². The van der Waals surface area contributed by atoms with E-state index in [1.807, 2.05) is 0 Å². The van der Waals surface area contributed by atoms with Gasteiger partial charge in [-0.2, -0.15) is 9.29 Å². The lowest BCUT2D eigenvalue weighted by Crippen LogP contribution is -2.39. The fourth-order valence-corrected chi connectivity index (χ4v) is 4.92. The summed E-state index contributed by atoms with van der Waals surface area (Å²) in [6.07, 6.45) is 1.26. The first-order valence-electron chi connectivity index (χ1n) is 8.89. The largest absolute Gasteiger partial charge is 0.339 e. The Labute approximate surface area is 171 Å². The molecule has 0 aliphatic carbocycles. The summed E-state index contributed by atoms with van der Waals surface area (Å²) in [5, 5.41) is 3.78. The van der Waals surface area contributed by atoms with Crippen LogP contribution in [0, 0.1) is 11.6 Å². The van der Waals surface area contributed by atoms with Crippen LogP contribution in [-0.4, -0.2) is 36.0 Å². The molecule has 6 nitrogen and oxygen atoms in total. The van der Waals surface area contributed by atoms with E-state index in [9.17, 15) is 17.2 Å². The smallest absolute Gasteiger partial charge is 0.243 e. The normalized spacial score (nSPS) is 18.1. The van der Waals surface area contributed by atoms with Crippen molar-refractivity contribution in [2.75, 3.05) is 13.1 Å². The molecule has 0 amide bonds. The summed E-state index contributed by atoms with van der Waals surface area (Å²) in [6, 6.07) is 9.09. The molecule has 0 bridgehead atoms. The Balaban J connectivity index is 1.55. The molecule has 4 rings (SSSR count). The van der Waals surface area contributed by atoms with E-state index in [1.165, 1.54) is 40.7 Å². The molecule has 2 heterocycles. The van der Waals surface area contributed by atoms with Crippen molar-refractivity contribution in [1.82, 2.24) is 14.4 Å². The van der Waals surface area contributed by atoms with Gasteiger partial charge in [0.05, 0.1) is 15.8 Å². The van der Waals surface area contributed by atoms with Crippen LogP contribution in [0.3, 0.4) is 0 Å². The van der Waals surface area contributed by atoms with Crippen molar-refractivity contribution in [3.8, 4) is 11.4 Å². The average Bonchev–Trinajstić information content (AvgIpc) is 3.21. The minimum atomic E-state index is -3.89. The molecule has 0 N–H and O–H groups in total. The highest BCUT2D eigenvalue weighted by molar-refractivity contribution is 7.89. The van der Waals surface area contributed by atoms with E-state index < -0.39 is 15.8 Å². The Kier molecular flexibility index (Phi) is 5.37. The first kappa shape index (κ1) is 19.9. The second kappa shape index (κ2) is 7.81. The Morgan fingerprint density at radius 1 is 1.14 bits per heavy atom. The molecular weight excluding hydrogens is 424 g/mol. The quantitative estimate of drug-likeness (QED) is 0.607. The monoisotopic (exact) mass is 439 g/mol. The van der Waals surface area contributed by atoms with Gasteiger partial charge in [0.1, 0.15) is 11.6 Å². The van der Waals surface area contributed by atoms with Crippen LogP contribution in [0.2, 0.25) is 5.02 Å². The van der Waals surface area contributed by atoms with Crippen molar-refractivity contribution >= 4 is 21.6 Å². The Hall–Kier alpha value is -2.36. The van der Waals surface area contributed by atoms with E-state index in [4.69, 9.17) is 16.1 Å². The van der Waals surface area contributed by atoms with Crippen LogP contribution in [0.15, 0.2) is 51.9 Å². The predicted octanol–water partition coefficient (Wildman–Crippen LogP) is 4.24. The molecule has 10 heteroatoms. The molecule has 3 aromatic rings. The van der Waals surface area contributed by atoms with Gasteiger partial charge in [-0.1, -0.05) is 16.8 Å². The highest BCUT2D eigenvalue weighted by Crippen LogP contribution is 2.31. The molecule has 0 radical (unpaired) electrons. The molecule has 0 spiro atoms. The van der Waals surface area contributed by atoms with Crippen molar-refractivity contribution in [2.45, 2.75) is 23.7 Å². The third kappa shape index (κ3) is 4.03. The van der Waals surface area contributed by atoms with Gasteiger partial charge in [-0.15, -0.1) is 0 Å². The van der Waals surface area contributed by atoms with Gasteiger partial charge in [0.25, 0.3) is 0 Å². The Morgan fingerprint density at radius 3 is 2.62 bits per heavy atom. The Morgan fingerprint density at radius 2 is 1.90 bits per heavy atom. The molecule has 1 aliphatic heterocycles. The predicted molar refractivity (Wildman–Crippen MR) is 102 cm³/mol. The maximum atomic E-state index is 13.7. The average molecular weight is 440 g/mol. The van der Waals surface area contributed by atoms with Crippen molar-refractivity contribution in [3.05, 3.63) is 65.0 Å². The van der Waals surface area contributed by atoms with Crippen LogP contribution in [0.5, 0.6) is 0 Å². The van der Waals surface area contributed by atoms with Gasteiger partial charge in [0.15, 0.2) is 0 Å². The number of halogens is 3. The highest BCUT2D eigenvalue weighted by atomic mass is 35.5. The molecule has 1 atom stereocenters. The van der Waals surface area contributed by atoms with Crippen LogP contribution in [-0.2, 0) is 10.0 Å². The summed E-state index contributed by atoms with van der Waals surface area (Å²) in [7, 11) is -3.89. The van der Waals surface area contributed by atoms with Crippen LogP contribution in [0.1, 0.15) is 24.7 Å². The Bertz CT molecular complexity index is 1140. The maximum Gasteiger partial charge on any atom is 0.243 e. The molecule has 1 aliphatic rings. The van der Waals surface area contributed by atoms with Crippen molar-refractivity contribution in [1.29, 1.82) is 0 Å². The fourth-order valence-electron chi connectivity index (χ4n) is 3.27. The van der Waals surface area contributed by atoms with Gasteiger partial charge >= 0.3 is 0 Å². The van der Waals surface area contributed by atoms with E-state index in [1.54, 1.807) is 0 Å². The molecule has 1 saturated heterocycles. The van der Waals surface area contributed by atoms with Gasteiger partial charge in [0, 0.05) is 18.7 Å². The van der Waals surface area contributed by atoms with Crippen molar-refractivity contribution < 1.29 is 21.7 Å². The van der Waals surface area contributed by atoms with Crippen LogP contribution >= 0.6 is 11.6 Å². The molecule has 1 unspecified atom stereocenters. The lowest BCUT2D eigenvalue weighted by atomic mass is 10.00. The highest BCUT2D eigenvalue weighted by Gasteiger charge is 2.33. The molecule has 1 fully saturated rings. The number of hydrogen-bond acceptors (Lipinski definition) is 5. The first-order valence-corrected chi connectivity index (χ1v) is 10.7.